The molecule has 16 heavy (non-hydrogen) atoms. The molecule has 0 bridgehead atoms. The van der Waals surface area contributed by atoms with Crippen molar-refractivity contribution in [2.75, 3.05) is 5.43 Å². The number of nitrogens with one attached hydrogen (secondary N) is 1. The van der Waals surface area contributed by atoms with Crippen molar-refractivity contribution in [2.24, 2.45) is 0 Å². The van der Waals surface area contributed by atoms with E-state index in [0.717, 1.165) is 5.56 Å². The van der Waals surface area contributed by atoms with E-state index in [4.69, 9.17) is 23.8 Å². The Morgan fingerprint density at radius 2 is 1.69 bits per heavy atom. The Balaban J connectivity index is 2.12. The van der Waals surface area contributed by atoms with E-state index in [0.29, 0.717) is 10.0 Å². The van der Waals surface area contributed by atoms with Gasteiger partial charge in [-0.2, -0.15) is 0 Å². The molecule has 0 saturated carbocycles. The van der Waals surface area contributed by atoms with Crippen LogP contribution in [0.25, 0.3) is 0 Å². The Labute approximate surface area is 104 Å². The Morgan fingerprint density at radius 1 is 1.06 bits per heavy atom. The van der Waals surface area contributed by atoms with Crippen LogP contribution in [0, 0.1) is 0 Å². The van der Waals surface area contributed by atoms with Gasteiger partial charge in [0.25, 0.3) is 0 Å². The SMILES string of the molecule is S=C(N[n+]1ccccc1)c1ccc(Cl)cc1. The predicted molar refractivity (Wildman–Crippen MR) is 69.1 cm³/mol. The Hall–Kier alpha value is -1.45. The second-order valence-corrected chi connectivity index (χ2v) is 4.08. The number of thiocarbonyl (C=S) groups is 1. The third kappa shape index (κ3) is 2.78. The van der Waals surface area contributed by atoms with Crippen molar-refractivity contribution in [1.82, 2.24) is 0 Å². The van der Waals surface area contributed by atoms with Crippen molar-refractivity contribution in [3.05, 3.63) is 65.4 Å². The first-order chi connectivity index (χ1) is 7.75. The number of benzene rings is 1. The fourth-order valence-corrected chi connectivity index (χ4v) is 1.62. The average molecular weight is 250 g/mol. The maximum Gasteiger partial charge on any atom is 0.199 e. The zero-order chi connectivity index (χ0) is 11.4. The molecule has 0 aliphatic carbocycles. The summed E-state index contributed by atoms with van der Waals surface area (Å²) in [4.78, 5) is 0.660. The number of hydrogen-bond acceptors (Lipinski definition) is 1. The predicted octanol–water partition coefficient (Wildman–Crippen LogP) is 2.55. The van der Waals surface area contributed by atoms with Gasteiger partial charge in [-0.15, -0.1) is 5.43 Å². The van der Waals surface area contributed by atoms with Crippen LogP contribution < -0.4 is 10.1 Å². The highest BCUT2D eigenvalue weighted by Crippen LogP contribution is 2.09. The number of pyridine rings is 1. The highest BCUT2D eigenvalue weighted by molar-refractivity contribution is 7.81. The highest BCUT2D eigenvalue weighted by atomic mass is 35.5. The molecule has 0 aliphatic heterocycles. The minimum atomic E-state index is 0.660. The first kappa shape index (κ1) is 11.0. The normalized spacial score (nSPS) is 9.81. The zero-order valence-electron chi connectivity index (χ0n) is 8.43. The highest BCUT2D eigenvalue weighted by Gasteiger charge is 2.05. The summed E-state index contributed by atoms with van der Waals surface area (Å²) in [5.74, 6) is 0. The lowest BCUT2D eigenvalue weighted by molar-refractivity contribution is -0.639. The van der Waals surface area contributed by atoms with Crippen LogP contribution >= 0.6 is 23.8 Å². The van der Waals surface area contributed by atoms with E-state index >= 15 is 0 Å². The fourth-order valence-electron chi connectivity index (χ4n) is 1.26. The van der Waals surface area contributed by atoms with Crippen LogP contribution in [0.1, 0.15) is 5.56 Å². The summed E-state index contributed by atoms with van der Waals surface area (Å²) < 4.78 is 1.80. The topological polar surface area (TPSA) is 15.9 Å². The van der Waals surface area contributed by atoms with Crippen LogP contribution in [0.3, 0.4) is 0 Å². The molecule has 0 fully saturated rings. The number of nitrogens with zero attached hydrogens (tertiary/aromatic N) is 1. The molecule has 1 aromatic carbocycles. The van der Waals surface area contributed by atoms with Crippen LogP contribution in [-0.2, 0) is 0 Å². The maximum atomic E-state index is 5.81. The second-order valence-electron chi connectivity index (χ2n) is 3.23. The molecule has 0 amide bonds. The molecule has 80 valence electrons. The Bertz CT molecular complexity index is 482. The molecule has 1 heterocycles. The zero-order valence-corrected chi connectivity index (χ0v) is 10.0. The third-order valence-corrected chi connectivity index (χ3v) is 2.63. The third-order valence-electron chi connectivity index (χ3n) is 2.05. The number of aromatic nitrogens is 1. The van der Waals surface area contributed by atoms with Crippen molar-refractivity contribution >= 4 is 28.8 Å². The van der Waals surface area contributed by atoms with E-state index in [-0.39, 0.29) is 0 Å². The molecule has 0 spiro atoms. The molecule has 0 radical (unpaired) electrons. The second kappa shape index (κ2) is 5.05. The van der Waals surface area contributed by atoms with Crippen molar-refractivity contribution in [2.45, 2.75) is 0 Å². The average Bonchev–Trinajstić information content (AvgIpc) is 2.31. The first-order valence-electron chi connectivity index (χ1n) is 4.79. The smallest absolute Gasteiger partial charge is 0.149 e. The Morgan fingerprint density at radius 3 is 2.31 bits per heavy atom. The quantitative estimate of drug-likeness (QED) is 0.650. The van der Waals surface area contributed by atoms with Crippen molar-refractivity contribution in [3.63, 3.8) is 0 Å². The standard InChI is InChI=1S/C12H9ClN2S/c13-11-6-4-10(5-7-11)12(16)14-15-8-2-1-3-9-15/h1-9H/p+1. The molecule has 0 aliphatic rings. The van der Waals surface area contributed by atoms with Gasteiger partial charge < -0.3 is 0 Å². The number of halogens is 1. The summed E-state index contributed by atoms with van der Waals surface area (Å²) in [6.45, 7) is 0. The van der Waals surface area contributed by atoms with E-state index in [9.17, 15) is 0 Å². The van der Waals surface area contributed by atoms with Gasteiger partial charge in [-0.3, -0.25) is 0 Å². The van der Waals surface area contributed by atoms with E-state index in [1.165, 1.54) is 0 Å². The maximum absolute atomic E-state index is 5.81. The minimum Gasteiger partial charge on any atom is -0.149 e. The van der Waals surface area contributed by atoms with Gasteiger partial charge in [-0.05, 0) is 12.1 Å². The van der Waals surface area contributed by atoms with Gasteiger partial charge in [-0.25, -0.2) is 0 Å². The summed E-state index contributed by atoms with van der Waals surface area (Å²) in [7, 11) is 0. The summed E-state index contributed by atoms with van der Waals surface area (Å²) in [5, 5.41) is 0.707. The molecular weight excluding hydrogens is 240 g/mol. The fraction of sp³-hybridized carbons (Fsp3) is 0. The molecule has 1 N–H and O–H groups in total. The van der Waals surface area contributed by atoms with Gasteiger partial charge in [0.2, 0.25) is 0 Å². The van der Waals surface area contributed by atoms with Gasteiger partial charge >= 0.3 is 0 Å². The monoisotopic (exact) mass is 249 g/mol. The van der Waals surface area contributed by atoms with E-state index in [2.05, 4.69) is 5.43 Å². The van der Waals surface area contributed by atoms with Gasteiger partial charge in [0.05, 0.1) is 0 Å². The summed E-state index contributed by atoms with van der Waals surface area (Å²) in [6, 6.07) is 13.2. The largest absolute Gasteiger partial charge is 0.199 e. The van der Waals surface area contributed by atoms with Gasteiger partial charge in [0, 0.05) is 22.7 Å². The van der Waals surface area contributed by atoms with Crippen molar-refractivity contribution < 1.29 is 4.68 Å². The van der Waals surface area contributed by atoms with Crippen molar-refractivity contribution in [1.29, 1.82) is 0 Å². The molecule has 2 nitrogen and oxygen atoms in total. The van der Waals surface area contributed by atoms with Gasteiger partial charge in [-0.1, -0.05) is 46.7 Å². The molecule has 0 unspecified atom stereocenters. The lowest BCUT2D eigenvalue weighted by atomic mass is 10.2. The molecule has 2 rings (SSSR count). The van der Waals surface area contributed by atoms with E-state index in [1.54, 1.807) is 4.68 Å². The molecule has 4 heteroatoms. The molecule has 0 saturated heterocycles. The number of rotatable bonds is 2. The van der Waals surface area contributed by atoms with Gasteiger partial charge in [0.15, 0.2) is 17.4 Å². The minimum absolute atomic E-state index is 0.660. The van der Waals surface area contributed by atoms with Crippen LogP contribution in [-0.4, -0.2) is 4.99 Å². The van der Waals surface area contributed by atoms with E-state index < -0.39 is 0 Å². The van der Waals surface area contributed by atoms with E-state index in [1.807, 2.05) is 54.9 Å². The van der Waals surface area contributed by atoms with Crippen LogP contribution in [0.5, 0.6) is 0 Å². The summed E-state index contributed by atoms with van der Waals surface area (Å²) in [6.07, 6.45) is 3.78. The Kier molecular flexibility index (Phi) is 3.49. The number of hydrogen-bond donors (Lipinski definition) is 1. The van der Waals surface area contributed by atoms with Gasteiger partial charge in [0.1, 0.15) is 0 Å². The summed E-state index contributed by atoms with van der Waals surface area (Å²) in [5.41, 5.74) is 4.02. The molecule has 2 aromatic rings. The molecule has 0 atom stereocenters. The summed E-state index contributed by atoms with van der Waals surface area (Å²) >= 11 is 11.1. The first-order valence-corrected chi connectivity index (χ1v) is 5.57. The van der Waals surface area contributed by atoms with Crippen LogP contribution in [0.4, 0.5) is 0 Å². The van der Waals surface area contributed by atoms with Crippen LogP contribution in [0.2, 0.25) is 5.02 Å². The lowest BCUT2D eigenvalue weighted by Crippen LogP contribution is -2.47. The lowest BCUT2D eigenvalue weighted by Gasteiger charge is -2.02. The molecular formula is C12H10ClN2S+. The molecule has 1 aromatic heterocycles. The van der Waals surface area contributed by atoms with Crippen molar-refractivity contribution in [3.8, 4) is 0 Å². The van der Waals surface area contributed by atoms with Crippen LogP contribution in [0.15, 0.2) is 54.9 Å².